The van der Waals surface area contributed by atoms with Crippen molar-refractivity contribution in [2.45, 2.75) is 6.42 Å². The van der Waals surface area contributed by atoms with Crippen LogP contribution >= 0.6 is 0 Å². The highest BCUT2D eigenvalue weighted by atomic mass is 16.5. The van der Waals surface area contributed by atoms with Crippen molar-refractivity contribution in [3.05, 3.63) is 12.2 Å². The Morgan fingerprint density at radius 3 is 2.13 bits per heavy atom. The fourth-order valence-corrected chi connectivity index (χ4v) is 0.884. The van der Waals surface area contributed by atoms with Gasteiger partial charge in [-0.05, 0) is 34.6 Å². The van der Waals surface area contributed by atoms with Gasteiger partial charge in [0.05, 0.1) is 0 Å². The molecule has 0 heterocycles. The summed E-state index contributed by atoms with van der Waals surface area (Å²) in [4.78, 5) is 15.4. The molecule has 4 heteroatoms. The van der Waals surface area contributed by atoms with E-state index in [9.17, 15) is 4.79 Å². The molecule has 0 aliphatic carbocycles. The van der Waals surface area contributed by atoms with Crippen LogP contribution in [0.4, 0.5) is 0 Å². The molecule has 4 nitrogen and oxygen atoms in total. The van der Waals surface area contributed by atoms with Gasteiger partial charge in [-0.1, -0.05) is 6.58 Å². The minimum atomic E-state index is -0.279. The highest BCUT2D eigenvalue weighted by molar-refractivity contribution is 5.87. The summed E-state index contributed by atoms with van der Waals surface area (Å²) in [6.45, 7) is 5.70. The molecule has 0 rings (SSSR count). The van der Waals surface area contributed by atoms with Gasteiger partial charge in [0.15, 0.2) is 0 Å². The number of rotatable bonds is 7. The summed E-state index contributed by atoms with van der Waals surface area (Å²) >= 11 is 0. The van der Waals surface area contributed by atoms with E-state index in [2.05, 4.69) is 6.58 Å². The smallest absolute Gasteiger partial charge is 0.333 e. The van der Waals surface area contributed by atoms with Crippen molar-refractivity contribution in [1.82, 2.24) is 9.80 Å². The summed E-state index contributed by atoms with van der Waals surface area (Å²) in [6, 6.07) is 0. The maximum atomic E-state index is 11.4. The minimum Gasteiger partial charge on any atom is -0.461 e. The van der Waals surface area contributed by atoms with Crippen LogP contribution in [-0.2, 0) is 9.53 Å². The monoisotopic (exact) mass is 214 g/mol. The number of carbonyl (C=O) groups excluding carboxylic acids is 1. The van der Waals surface area contributed by atoms with E-state index in [-0.39, 0.29) is 5.97 Å². The van der Waals surface area contributed by atoms with E-state index < -0.39 is 0 Å². The molecular weight excluding hydrogens is 192 g/mol. The second kappa shape index (κ2) is 7.43. The third kappa shape index (κ3) is 8.15. The molecule has 0 saturated carbocycles. The predicted molar refractivity (Wildman–Crippen MR) is 61.8 cm³/mol. The number of likely N-dealkylation sites (N-methyl/N-ethyl adjacent to an activating group) is 1. The first-order valence-electron chi connectivity index (χ1n) is 5.08. The van der Waals surface area contributed by atoms with Gasteiger partial charge in [0, 0.05) is 18.7 Å². The van der Waals surface area contributed by atoms with E-state index >= 15 is 0 Å². The van der Waals surface area contributed by atoms with Crippen LogP contribution in [0.5, 0.6) is 0 Å². The number of carbonyl (C=O) groups is 1. The average molecular weight is 214 g/mol. The van der Waals surface area contributed by atoms with Gasteiger partial charge in [-0.2, -0.15) is 0 Å². The Kier molecular flexibility index (Phi) is 6.99. The molecule has 0 aromatic heterocycles. The lowest BCUT2D eigenvalue weighted by Gasteiger charge is -2.12. The van der Waals surface area contributed by atoms with E-state index in [0.29, 0.717) is 18.6 Å². The average Bonchev–Trinajstić information content (AvgIpc) is 2.13. The Morgan fingerprint density at radius 1 is 1.13 bits per heavy atom. The molecule has 0 bridgehead atoms. The van der Waals surface area contributed by atoms with Crippen LogP contribution in [0.3, 0.4) is 0 Å². The summed E-state index contributed by atoms with van der Waals surface area (Å²) < 4.78 is 5.05. The first kappa shape index (κ1) is 14.1. The molecule has 0 radical (unpaired) electrons. The van der Waals surface area contributed by atoms with Crippen LogP contribution in [-0.4, -0.2) is 63.7 Å². The fourth-order valence-electron chi connectivity index (χ4n) is 0.884. The summed E-state index contributed by atoms with van der Waals surface area (Å²) in [6.07, 6.45) is 0.661. The lowest BCUT2D eigenvalue weighted by atomic mass is 10.2. The Morgan fingerprint density at radius 2 is 1.67 bits per heavy atom. The summed E-state index contributed by atoms with van der Waals surface area (Å²) in [5.41, 5.74) is 0.544. The zero-order chi connectivity index (χ0) is 11.8. The van der Waals surface area contributed by atoms with Crippen molar-refractivity contribution < 1.29 is 9.53 Å². The molecule has 0 aliphatic rings. The minimum absolute atomic E-state index is 0.279. The van der Waals surface area contributed by atoms with Crippen molar-refractivity contribution in [3.8, 4) is 0 Å². The zero-order valence-corrected chi connectivity index (χ0v) is 10.2. The zero-order valence-electron chi connectivity index (χ0n) is 10.2. The SMILES string of the molecule is C=C(CCN(C)C)C(=O)OCCN(C)C. The van der Waals surface area contributed by atoms with Gasteiger partial charge in [0.25, 0.3) is 0 Å². The molecule has 88 valence electrons. The maximum Gasteiger partial charge on any atom is 0.333 e. The number of hydrogen-bond donors (Lipinski definition) is 0. The van der Waals surface area contributed by atoms with Crippen molar-refractivity contribution >= 4 is 5.97 Å². The summed E-state index contributed by atoms with van der Waals surface area (Å²) in [7, 11) is 7.80. The molecule has 0 amide bonds. The molecule has 15 heavy (non-hydrogen) atoms. The second-order valence-electron chi connectivity index (χ2n) is 4.10. The topological polar surface area (TPSA) is 32.8 Å². The van der Waals surface area contributed by atoms with Crippen molar-refractivity contribution in [2.24, 2.45) is 0 Å². The van der Waals surface area contributed by atoms with Crippen LogP contribution < -0.4 is 0 Å². The quantitative estimate of drug-likeness (QED) is 0.459. The van der Waals surface area contributed by atoms with Crippen molar-refractivity contribution in [3.63, 3.8) is 0 Å². The normalized spacial score (nSPS) is 10.8. The standard InChI is InChI=1S/C11H22N2O2/c1-10(6-7-12(2)3)11(14)15-9-8-13(4)5/h1,6-9H2,2-5H3. The molecule has 0 fully saturated rings. The van der Waals surface area contributed by atoms with Crippen LogP contribution in [0.25, 0.3) is 0 Å². The third-order valence-corrected chi connectivity index (χ3v) is 1.92. The lowest BCUT2D eigenvalue weighted by molar-refractivity contribution is -0.139. The summed E-state index contributed by atoms with van der Waals surface area (Å²) in [5.74, 6) is -0.279. The Balaban J connectivity index is 3.65. The van der Waals surface area contributed by atoms with E-state index in [4.69, 9.17) is 4.74 Å². The molecular formula is C11H22N2O2. The third-order valence-electron chi connectivity index (χ3n) is 1.92. The molecule has 0 spiro atoms. The molecule has 0 unspecified atom stereocenters. The van der Waals surface area contributed by atoms with Gasteiger partial charge in [-0.3, -0.25) is 0 Å². The van der Waals surface area contributed by atoms with Gasteiger partial charge >= 0.3 is 5.97 Å². The van der Waals surface area contributed by atoms with E-state index in [1.165, 1.54) is 0 Å². The summed E-state index contributed by atoms with van der Waals surface area (Å²) in [5, 5.41) is 0. The van der Waals surface area contributed by atoms with E-state index in [1.807, 2.05) is 38.0 Å². The van der Waals surface area contributed by atoms with Gasteiger partial charge in [-0.25, -0.2) is 4.79 Å². The number of nitrogens with zero attached hydrogens (tertiary/aromatic N) is 2. The van der Waals surface area contributed by atoms with Crippen LogP contribution in [0.15, 0.2) is 12.2 Å². The van der Waals surface area contributed by atoms with E-state index in [1.54, 1.807) is 0 Å². The molecule has 0 aliphatic heterocycles. The lowest BCUT2D eigenvalue weighted by Crippen LogP contribution is -2.21. The molecule has 0 aromatic carbocycles. The Hall–Kier alpha value is -0.870. The van der Waals surface area contributed by atoms with Crippen LogP contribution in [0.1, 0.15) is 6.42 Å². The van der Waals surface area contributed by atoms with Crippen LogP contribution in [0.2, 0.25) is 0 Å². The highest BCUT2D eigenvalue weighted by Crippen LogP contribution is 2.01. The highest BCUT2D eigenvalue weighted by Gasteiger charge is 2.08. The van der Waals surface area contributed by atoms with Crippen molar-refractivity contribution in [2.75, 3.05) is 47.9 Å². The van der Waals surface area contributed by atoms with Crippen LogP contribution in [0, 0.1) is 0 Å². The Bertz CT molecular complexity index is 213. The fraction of sp³-hybridized carbons (Fsp3) is 0.727. The van der Waals surface area contributed by atoms with Gasteiger partial charge < -0.3 is 14.5 Å². The van der Waals surface area contributed by atoms with E-state index in [0.717, 1.165) is 13.1 Å². The number of ether oxygens (including phenoxy) is 1. The Labute approximate surface area is 92.5 Å². The van der Waals surface area contributed by atoms with Gasteiger partial charge in [-0.15, -0.1) is 0 Å². The first-order valence-corrected chi connectivity index (χ1v) is 5.08. The molecule has 0 N–H and O–H groups in total. The predicted octanol–water partition coefficient (Wildman–Crippen LogP) is 0.599. The molecule has 0 atom stereocenters. The largest absolute Gasteiger partial charge is 0.461 e. The number of esters is 1. The number of hydrogen-bond acceptors (Lipinski definition) is 4. The molecule has 0 saturated heterocycles. The maximum absolute atomic E-state index is 11.4. The van der Waals surface area contributed by atoms with Gasteiger partial charge in [0.1, 0.15) is 6.61 Å². The van der Waals surface area contributed by atoms with Crippen molar-refractivity contribution in [1.29, 1.82) is 0 Å². The second-order valence-corrected chi connectivity index (χ2v) is 4.10. The van der Waals surface area contributed by atoms with Gasteiger partial charge in [0.2, 0.25) is 0 Å². The molecule has 0 aromatic rings. The first-order chi connectivity index (χ1) is 6.93.